The molecule has 2 aromatic rings. The number of halogens is 1. The molecule has 0 atom stereocenters. The number of rotatable bonds is 5. The lowest BCUT2D eigenvalue weighted by Gasteiger charge is -2.03. The average molecular weight is 367 g/mol. The van der Waals surface area contributed by atoms with E-state index in [2.05, 4.69) is 15.9 Å². The lowest BCUT2D eigenvalue weighted by Crippen LogP contribution is -2.13. The molecule has 0 saturated carbocycles. The smallest absolute Gasteiger partial charge is 0.348 e. The summed E-state index contributed by atoms with van der Waals surface area (Å²) in [4.78, 5) is 35.6. The maximum atomic E-state index is 11.9. The SMILES string of the molecule is CC(=O)c1ccc(C(=O)OCC(=O)c2ccc(Br)cc2)s1. The molecule has 0 fully saturated rings. The fourth-order valence-corrected chi connectivity index (χ4v) is 2.62. The van der Waals surface area contributed by atoms with Gasteiger partial charge in [0.15, 0.2) is 18.2 Å². The second-order valence-corrected chi connectivity index (χ2v) is 6.23. The van der Waals surface area contributed by atoms with E-state index in [0.29, 0.717) is 15.3 Å². The fraction of sp³-hybridized carbons (Fsp3) is 0.133. The number of benzene rings is 1. The summed E-state index contributed by atoms with van der Waals surface area (Å²) in [5.74, 6) is -0.984. The Hall–Kier alpha value is -1.79. The molecule has 0 bridgehead atoms. The number of ketones is 2. The Morgan fingerprint density at radius 3 is 2.24 bits per heavy atom. The van der Waals surface area contributed by atoms with E-state index in [1.54, 1.807) is 30.3 Å². The van der Waals surface area contributed by atoms with E-state index >= 15 is 0 Å². The van der Waals surface area contributed by atoms with E-state index in [1.165, 1.54) is 13.0 Å². The van der Waals surface area contributed by atoms with Gasteiger partial charge < -0.3 is 4.74 Å². The zero-order valence-electron chi connectivity index (χ0n) is 11.1. The molecule has 0 spiro atoms. The first-order valence-corrected chi connectivity index (χ1v) is 7.65. The van der Waals surface area contributed by atoms with Crippen LogP contribution in [0.25, 0.3) is 0 Å². The Kier molecular flexibility index (Phi) is 5.03. The lowest BCUT2D eigenvalue weighted by molar-refractivity contribution is 0.0479. The minimum atomic E-state index is -0.599. The highest BCUT2D eigenvalue weighted by Crippen LogP contribution is 2.18. The number of thiophene rings is 1. The summed E-state index contributed by atoms with van der Waals surface area (Å²) in [7, 11) is 0. The Balaban J connectivity index is 1.95. The predicted octanol–water partition coefficient (Wildman–Crippen LogP) is 3.75. The summed E-state index contributed by atoms with van der Waals surface area (Å²) in [6, 6.07) is 9.88. The van der Waals surface area contributed by atoms with Crippen molar-refractivity contribution in [3.05, 3.63) is 56.2 Å². The third kappa shape index (κ3) is 4.09. The summed E-state index contributed by atoms with van der Waals surface area (Å²) in [6.45, 7) is 1.10. The van der Waals surface area contributed by atoms with Crippen LogP contribution >= 0.6 is 27.3 Å². The van der Waals surface area contributed by atoms with E-state index in [9.17, 15) is 14.4 Å². The summed E-state index contributed by atoms with van der Waals surface area (Å²) >= 11 is 4.34. The maximum absolute atomic E-state index is 11.9. The van der Waals surface area contributed by atoms with Crippen LogP contribution in [-0.2, 0) is 4.74 Å². The highest BCUT2D eigenvalue weighted by Gasteiger charge is 2.15. The topological polar surface area (TPSA) is 60.4 Å². The number of Topliss-reactive ketones (excluding diaryl/α,β-unsaturated/α-hetero) is 2. The third-order valence-electron chi connectivity index (χ3n) is 2.65. The second kappa shape index (κ2) is 6.78. The normalized spacial score (nSPS) is 10.2. The summed E-state index contributed by atoms with van der Waals surface area (Å²) in [5.41, 5.74) is 0.474. The van der Waals surface area contributed by atoms with Crippen LogP contribution in [0.3, 0.4) is 0 Å². The molecule has 1 aromatic carbocycles. The zero-order valence-corrected chi connectivity index (χ0v) is 13.5. The van der Waals surface area contributed by atoms with Gasteiger partial charge in [0.05, 0.1) is 4.88 Å². The number of hydrogen-bond donors (Lipinski definition) is 0. The molecule has 0 aliphatic heterocycles. The molecule has 4 nitrogen and oxygen atoms in total. The number of carbonyl (C=O) groups excluding carboxylic acids is 3. The molecule has 108 valence electrons. The van der Waals surface area contributed by atoms with Crippen molar-refractivity contribution >= 4 is 44.8 Å². The minimum Gasteiger partial charge on any atom is -0.453 e. The average Bonchev–Trinajstić information content (AvgIpc) is 2.95. The van der Waals surface area contributed by atoms with Gasteiger partial charge in [-0.2, -0.15) is 0 Å². The molecule has 0 aliphatic rings. The van der Waals surface area contributed by atoms with Crippen LogP contribution in [0.4, 0.5) is 0 Å². The second-order valence-electron chi connectivity index (χ2n) is 4.23. The van der Waals surface area contributed by atoms with Gasteiger partial charge in [-0.3, -0.25) is 9.59 Å². The van der Waals surface area contributed by atoms with Crippen molar-refractivity contribution in [2.75, 3.05) is 6.61 Å². The van der Waals surface area contributed by atoms with Crippen LogP contribution in [0, 0.1) is 0 Å². The van der Waals surface area contributed by atoms with Crippen molar-refractivity contribution < 1.29 is 19.1 Å². The molecule has 0 N–H and O–H groups in total. The number of hydrogen-bond acceptors (Lipinski definition) is 5. The van der Waals surface area contributed by atoms with E-state index in [-0.39, 0.29) is 18.2 Å². The molecule has 0 saturated heterocycles. The largest absolute Gasteiger partial charge is 0.453 e. The van der Waals surface area contributed by atoms with E-state index < -0.39 is 5.97 Å². The number of esters is 1. The first-order chi connectivity index (χ1) is 9.97. The van der Waals surface area contributed by atoms with Gasteiger partial charge in [-0.05, 0) is 31.2 Å². The van der Waals surface area contributed by atoms with Gasteiger partial charge in [0.1, 0.15) is 4.88 Å². The quantitative estimate of drug-likeness (QED) is 0.597. The maximum Gasteiger partial charge on any atom is 0.348 e. The molecular formula is C15H11BrO4S. The summed E-state index contributed by atoms with van der Waals surface area (Å²) in [6.07, 6.45) is 0. The molecule has 1 heterocycles. The van der Waals surface area contributed by atoms with Gasteiger partial charge in [-0.25, -0.2) is 4.79 Å². The standard InChI is InChI=1S/C15H11BrO4S/c1-9(17)13-6-7-14(21-13)15(19)20-8-12(18)10-2-4-11(16)5-3-10/h2-7H,8H2,1H3. The van der Waals surface area contributed by atoms with E-state index in [4.69, 9.17) is 4.74 Å². The monoisotopic (exact) mass is 366 g/mol. The van der Waals surface area contributed by atoms with Crippen molar-refractivity contribution in [1.29, 1.82) is 0 Å². The molecule has 0 unspecified atom stereocenters. The molecule has 2 rings (SSSR count). The lowest BCUT2D eigenvalue weighted by atomic mass is 10.1. The first-order valence-electron chi connectivity index (χ1n) is 6.04. The number of carbonyl (C=O) groups is 3. The van der Waals surface area contributed by atoms with Crippen LogP contribution in [0.1, 0.15) is 36.6 Å². The van der Waals surface area contributed by atoms with E-state index in [1.807, 2.05) is 0 Å². The summed E-state index contributed by atoms with van der Waals surface area (Å²) in [5, 5.41) is 0. The Bertz CT molecular complexity index is 688. The van der Waals surface area contributed by atoms with Crippen molar-refractivity contribution in [3.8, 4) is 0 Å². The van der Waals surface area contributed by atoms with E-state index in [0.717, 1.165) is 15.8 Å². The van der Waals surface area contributed by atoms with Crippen LogP contribution in [-0.4, -0.2) is 24.1 Å². The van der Waals surface area contributed by atoms with Crippen molar-refractivity contribution in [3.63, 3.8) is 0 Å². The van der Waals surface area contributed by atoms with Crippen LogP contribution in [0.15, 0.2) is 40.9 Å². The van der Waals surface area contributed by atoms with Crippen molar-refractivity contribution in [1.82, 2.24) is 0 Å². The Morgan fingerprint density at radius 2 is 1.67 bits per heavy atom. The van der Waals surface area contributed by atoms with Gasteiger partial charge in [0, 0.05) is 10.0 Å². The Morgan fingerprint density at radius 1 is 1.05 bits per heavy atom. The molecule has 1 aromatic heterocycles. The molecule has 6 heteroatoms. The highest BCUT2D eigenvalue weighted by molar-refractivity contribution is 9.10. The minimum absolute atomic E-state index is 0.106. The van der Waals surface area contributed by atoms with Gasteiger partial charge in [0.2, 0.25) is 0 Å². The molecular weight excluding hydrogens is 356 g/mol. The predicted molar refractivity (Wildman–Crippen MR) is 83.1 cm³/mol. The highest BCUT2D eigenvalue weighted by atomic mass is 79.9. The molecule has 0 aliphatic carbocycles. The van der Waals surface area contributed by atoms with Gasteiger partial charge in [-0.15, -0.1) is 11.3 Å². The first kappa shape index (κ1) is 15.6. The van der Waals surface area contributed by atoms with Crippen molar-refractivity contribution in [2.24, 2.45) is 0 Å². The third-order valence-corrected chi connectivity index (χ3v) is 4.35. The van der Waals surface area contributed by atoms with Gasteiger partial charge >= 0.3 is 5.97 Å². The molecule has 21 heavy (non-hydrogen) atoms. The number of ether oxygens (including phenoxy) is 1. The van der Waals surface area contributed by atoms with Crippen LogP contribution in [0.5, 0.6) is 0 Å². The van der Waals surface area contributed by atoms with Crippen molar-refractivity contribution in [2.45, 2.75) is 6.92 Å². The Labute approximate surface area is 133 Å². The molecule has 0 amide bonds. The fourth-order valence-electron chi connectivity index (χ4n) is 1.56. The summed E-state index contributed by atoms with van der Waals surface area (Å²) < 4.78 is 5.83. The van der Waals surface area contributed by atoms with Crippen LogP contribution in [0.2, 0.25) is 0 Å². The van der Waals surface area contributed by atoms with Gasteiger partial charge in [0.25, 0.3) is 0 Å². The zero-order chi connectivity index (χ0) is 15.4. The molecule has 0 radical (unpaired) electrons. The van der Waals surface area contributed by atoms with Gasteiger partial charge in [-0.1, -0.05) is 28.1 Å². The van der Waals surface area contributed by atoms with Crippen LogP contribution < -0.4 is 0 Å².